The molecule has 1 heterocycles. The highest BCUT2D eigenvalue weighted by atomic mass is 16.2. The van der Waals surface area contributed by atoms with Crippen molar-refractivity contribution in [3.05, 3.63) is 71.3 Å². The largest absolute Gasteiger partial charge is 0.302 e. The minimum atomic E-state index is -0.158. The van der Waals surface area contributed by atoms with Crippen molar-refractivity contribution in [3.8, 4) is 0 Å². The van der Waals surface area contributed by atoms with Gasteiger partial charge in [0, 0.05) is 13.1 Å². The van der Waals surface area contributed by atoms with Gasteiger partial charge in [0.2, 0.25) is 11.8 Å². The maximum Gasteiger partial charge on any atom is 0.233 e. The van der Waals surface area contributed by atoms with Crippen LogP contribution in [0.2, 0.25) is 0 Å². The van der Waals surface area contributed by atoms with Gasteiger partial charge in [-0.05, 0) is 49.5 Å². The summed E-state index contributed by atoms with van der Waals surface area (Å²) < 4.78 is 0. The van der Waals surface area contributed by atoms with Crippen LogP contribution < -0.4 is 0 Å². The molecule has 140 valence electrons. The van der Waals surface area contributed by atoms with Crippen molar-refractivity contribution in [2.45, 2.75) is 25.8 Å². The maximum atomic E-state index is 12.8. The van der Waals surface area contributed by atoms with E-state index in [1.807, 2.05) is 30.3 Å². The quantitative estimate of drug-likeness (QED) is 0.742. The fraction of sp³-hybridized carbons (Fsp3) is 0.391. The molecule has 0 unspecified atom stereocenters. The lowest BCUT2D eigenvalue weighted by molar-refractivity contribution is -0.140. The van der Waals surface area contributed by atoms with Crippen LogP contribution in [-0.2, 0) is 29.0 Å². The summed E-state index contributed by atoms with van der Waals surface area (Å²) in [7, 11) is 2.08. The SMILES string of the molecule is CN(CCCN1C(=O)[C@H]2Cc3ccccc3C[C@H]2C1=O)Cc1ccccc1. The molecule has 0 spiro atoms. The molecule has 0 N–H and O–H groups in total. The number of likely N-dealkylation sites (tertiary alicyclic amines) is 1. The first-order valence-electron chi connectivity index (χ1n) is 9.78. The molecular formula is C23H26N2O2. The minimum Gasteiger partial charge on any atom is -0.302 e. The Morgan fingerprint density at radius 1 is 0.889 bits per heavy atom. The third-order valence-electron chi connectivity index (χ3n) is 5.87. The first-order chi connectivity index (χ1) is 13.1. The molecule has 2 aromatic rings. The maximum absolute atomic E-state index is 12.8. The van der Waals surface area contributed by atoms with E-state index < -0.39 is 0 Å². The second-order valence-electron chi connectivity index (χ2n) is 7.79. The Morgan fingerprint density at radius 2 is 1.44 bits per heavy atom. The molecule has 0 saturated carbocycles. The van der Waals surface area contributed by atoms with Crippen LogP contribution in [0.15, 0.2) is 54.6 Å². The number of nitrogens with zero attached hydrogens (tertiary/aromatic N) is 2. The van der Waals surface area contributed by atoms with E-state index >= 15 is 0 Å². The summed E-state index contributed by atoms with van der Waals surface area (Å²) >= 11 is 0. The van der Waals surface area contributed by atoms with Gasteiger partial charge in [-0.25, -0.2) is 0 Å². The highest BCUT2D eigenvalue weighted by Gasteiger charge is 2.48. The van der Waals surface area contributed by atoms with Crippen LogP contribution in [0, 0.1) is 11.8 Å². The second kappa shape index (κ2) is 7.65. The molecular weight excluding hydrogens is 336 g/mol. The molecule has 2 aromatic carbocycles. The number of benzene rings is 2. The Kier molecular flexibility index (Phi) is 5.08. The number of carbonyl (C=O) groups is 2. The van der Waals surface area contributed by atoms with Crippen molar-refractivity contribution in [1.29, 1.82) is 0 Å². The van der Waals surface area contributed by atoms with Crippen LogP contribution >= 0.6 is 0 Å². The molecule has 1 aliphatic carbocycles. The summed E-state index contributed by atoms with van der Waals surface area (Å²) in [5.74, 6) is -0.251. The molecule has 1 saturated heterocycles. The fourth-order valence-corrected chi connectivity index (χ4v) is 4.44. The van der Waals surface area contributed by atoms with Gasteiger partial charge in [0.1, 0.15) is 0 Å². The Hall–Kier alpha value is -2.46. The lowest BCUT2D eigenvalue weighted by Crippen LogP contribution is -2.34. The monoisotopic (exact) mass is 362 g/mol. The van der Waals surface area contributed by atoms with Gasteiger partial charge in [0.25, 0.3) is 0 Å². The Balaban J connectivity index is 1.33. The van der Waals surface area contributed by atoms with Gasteiger partial charge in [-0.2, -0.15) is 0 Å². The van der Waals surface area contributed by atoms with Crippen molar-refractivity contribution >= 4 is 11.8 Å². The summed E-state index contributed by atoms with van der Waals surface area (Å²) in [5, 5.41) is 0. The molecule has 4 rings (SSSR count). The number of hydrogen-bond donors (Lipinski definition) is 0. The molecule has 1 fully saturated rings. The van der Waals surface area contributed by atoms with E-state index in [-0.39, 0.29) is 23.7 Å². The Labute approximate surface area is 160 Å². The standard InChI is InChI=1S/C23H26N2O2/c1-24(16-17-8-3-2-4-9-17)12-7-13-25-22(26)20-14-18-10-5-6-11-19(18)15-21(20)23(25)27/h2-6,8-11,20-21H,7,12-16H2,1H3/t20-,21+. The molecule has 0 bridgehead atoms. The predicted octanol–water partition coefficient (Wildman–Crippen LogP) is 2.91. The van der Waals surface area contributed by atoms with Crippen LogP contribution in [0.1, 0.15) is 23.1 Å². The normalized spacial score (nSPS) is 21.5. The average molecular weight is 362 g/mol. The average Bonchev–Trinajstić information content (AvgIpc) is 2.91. The van der Waals surface area contributed by atoms with Gasteiger partial charge in [0.05, 0.1) is 11.8 Å². The molecule has 0 radical (unpaired) electrons. The molecule has 4 nitrogen and oxygen atoms in total. The number of amides is 2. The predicted molar refractivity (Wildman–Crippen MR) is 105 cm³/mol. The zero-order chi connectivity index (χ0) is 18.8. The minimum absolute atomic E-state index is 0.0326. The highest BCUT2D eigenvalue weighted by molar-refractivity contribution is 6.05. The highest BCUT2D eigenvalue weighted by Crippen LogP contribution is 2.37. The third kappa shape index (κ3) is 3.67. The van der Waals surface area contributed by atoms with E-state index in [0.29, 0.717) is 19.4 Å². The van der Waals surface area contributed by atoms with E-state index in [0.717, 1.165) is 19.5 Å². The molecule has 27 heavy (non-hydrogen) atoms. The zero-order valence-corrected chi connectivity index (χ0v) is 15.8. The van der Waals surface area contributed by atoms with Crippen molar-refractivity contribution in [2.75, 3.05) is 20.1 Å². The molecule has 0 aromatic heterocycles. The van der Waals surface area contributed by atoms with Crippen LogP contribution in [0.4, 0.5) is 0 Å². The van der Waals surface area contributed by atoms with Crippen molar-refractivity contribution < 1.29 is 9.59 Å². The first kappa shape index (κ1) is 17.9. The van der Waals surface area contributed by atoms with E-state index in [2.05, 4.69) is 36.2 Å². The summed E-state index contributed by atoms with van der Waals surface area (Å²) in [4.78, 5) is 29.4. The molecule has 1 aliphatic heterocycles. The van der Waals surface area contributed by atoms with E-state index in [9.17, 15) is 9.59 Å². The van der Waals surface area contributed by atoms with E-state index in [1.54, 1.807) is 0 Å². The lowest BCUT2D eigenvalue weighted by atomic mass is 9.77. The van der Waals surface area contributed by atoms with Crippen molar-refractivity contribution in [2.24, 2.45) is 11.8 Å². The Bertz CT molecular complexity index is 790. The van der Waals surface area contributed by atoms with Crippen molar-refractivity contribution in [3.63, 3.8) is 0 Å². The molecule has 2 aliphatic rings. The molecule has 4 heteroatoms. The van der Waals surface area contributed by atoms with Gasteiger partial charge in [0.15, 0.2) is 0 Å². The molecule has 2 atom stereocenters. The number of carbonyl (C=O) groups excluding carboxylic acids is 2. The lowest BCUT2D eigenvalue weighted by Gasteiger charge is -2.23. The summed E-state index contributed by atoms with van der Waals surface area (Å²) in [6, 6.07) is 18.6. The first-order valence-corrected chi connectivity index (χ1v) is 9.78. The van der Waals surface area contributed by atoms with E-state index in [4.69, 9.17) is 0 Å². The van der Waals surface area contributed by atoms with Crippen LogP contribution in [0.5, 0.6) is 0 Å². The third-order valence-corrected chi connectivity index (χ3v) is 5.87. The van der Waals surface area contributed by atoms with Crippen molar-refractivity contribution in [1.82, 2.24) is 9.80 Å². The smallest absolute Gasteiger partial charge is 0.233 e. The van der Waals surface area contributed by atoms with E-state index in [1.165, 1.54) is 21.6 Å². The van der Waals surface area contributed by atoms with Gasteiger partial charge in [-0.15, -0.1) is 0 Å². The van der Waals surface area contributed by atoms with Crippen LogP contribution in [0.25, 0.3) is 0 Å². The number of fused-ring (bicyclic) bond motifs is 2. The van der Waals surface area contributed by atoms with Gasteiger partial charge in [-0.3, -0.25) is 14.5 Å². The fourth-order valence-electron chi connectivity index (χ4n) is 4.44. The zero-order valence-electron chi connectivity index (χ0n) is 15.8. The number of rotatable bonds is 6. The number of hydrogen-bond acceptors (Lipinski definition) is 3. The topological polar surface area (TPSA) is 40.6 Å². The van der Waals surface area contributed by atoms with Crippen LogP contribution in [-0.4, -0.2) is 41.8 Å². The molecule has 2 amide bonds. The summed E-state index contributed by atoms with van der Waals surface area (Å²) in [5.41, 5.74) is 3.73. The number of imide groups is 1. The van der Waals surface area contributed by atoms with Gasteiger partial charge >= 0.3 is 0 Å². The summed E-state index contributed by atoms with van der Waals surface area (Å²) in [6.07, 6.45) is 2.22. The van der Waals surface area contributed by atoms with Crippen LogP contribution in [0.3, 0.4) is 0 Å². The van der Waals surface area contributed by atoms with Gasteiger partial charge < -0.3 is 4.90 Å². The van der Waals surface area contributed by atoms with Gasteiger partial charge in [-0.1, -0.05) is 54.6 Å². The second-order valence-corrected chi connectivity index (χ2v) is 7.79. The summed E-state index contributed by atoms with van der Waals surface area (Å²) in [6.45, 7) is 2.27. The Morgan fingerprint density at radius 3 is 2.04 bits per heavy atom.